The first kappa shape index (κ1) is 11.6. The molecule has 3 atom stereocenters. The number of aryl methyl sites for hydroxylation is 1. The van der Waals surface area contributed by atoms with Gasteiger partial charge >= 0.3 is 0 Å². The van der Waals surface area contributed by atoms with Crippen molar-refractivity contribution in [3.05, 3.63) is 35.1 Å². The van der Waals surface area contributed by atoms with Crippen molar-refractivity contribution >= 4 is 0 Å². The van der Waals surface area contributed by atoms with E-state index in [9.17, 15) is 9.50 Å². The molecule has 1 aliphatic heterocycles. The maximum absolute atomic E-state index is 13.1. The van der Waals surface area contributed by atoms with Crippen LogP contribution in [0.1, 0.15) is 37.0 Å². The molecule has 3 heteroatoms. The van der Waals surface area contributed by atoms with Crippen molar-refractivity contribution in [2.75, 3.05) is 0 Å². The largest absolute Gasteiger partial charge is 0.386 e. The van der Waals surface area contributed by atoms with Gasteiger partial charge in [-0.2, -0.15) is 0 Å². The van der Waals surface area contributed by atoms with E-state index in [4.69, 9.17) is 4.74 Å². The molecule has 0 aliphatic carbocycles. The Morgan fingerprint density at radius 2 is 2.19 bits per heavy atom. The van der Waals surface area contributed by atoms with Crippen molar-refractivity contribution in [2.45, 2.75) is 45.0 Å². The van der Waals surface area contributed by atoms with Crippen LogP contribution in [0.2, 0.25) is 0 Å². The van der Waals surface area contributed by atoms with E-state index in [1.807, 2.05) is 13.8 Å². The molecule has 1 saturated heterocycles. The van der Waals surface area contributed by atoms with E-state index in [0.29, 0.717) is 5.56 Å². The van der Waals surface area contributed by atoms with Gasteiger partial charge in [-0.25, -0.2) is 4.39 Å². The summed E-state index contributed by atoms with van der Waals surface area (Å²) in [6.07, 6.45) is 1.05. The van der Waals surface area contributed by atoms with Crippen LogP contribution in [-0.4, -0.2) is 17.3 Å². The van der Waals surface area contributed by atoms with Gasteiger partial charge in [0.25, 0.3) is 0 Å². The van der Waals surface area contributed by atoms with Crippen LogP contribution in [0.4, 0.5) is 4.39 Å². The molecule has 1 heterocycles. The summed E-state index contributed by atoms with van der Waals surface area (Å²) in [5.74, 6) is -0.314. The third-order valence-corrected chi connectivity index (χ3v) is 3.18. The van der Waals surface area contributed by atoms with Crippen LogP contribution in [0, 0.1) is 12.7 Å². The molecule has 0 amide bonds. The highest BCUT2D eigenvalue weighted by Crippen LogP contribution is 2.31. The molecule has 1 N–H and O–H groups in total. The van der Waals surface area contributed by atoms with Crippen molar-refractivity contribution in [3.63, 3.8) is 0 Å². The highest BCUT2D eigenvalue weighted by molar-refractivity contribution is 5.29. The van der Waals surface area contributed by atoms with Gasteiger partial charge in [0.15, 0.2) is 0 Å². The molecule has 1 fully saturated rings. The van der Waals surface area contributed by atoms with E-state index in [-0.39, 0.29) is 18.0 Å². The average molecular weight is 224 g/mol. The monoisotopic (exact) mass is 224 g/mol. The normalized spacial score (nSPS) is 27.0. The number of hydrogen-bond acceptors (Lipinski definition) is 2. The second-order valence-electron chi connectivity index (χ2n) is 4.51. The molecule has 2 rings (SSSR count). The third kappa shape index (κ3) is 2.25. The van der Waals surface area contributed by atoms with Crippen LogP contribution in [0.15, 0.2) is 18.2 Å². The fourth-order valence-corrected chi connectivity index (χ4v) is 2.20. The Balaban J connectivity index is 2.20. The van der Waals surface area contributed by atoms with Gasteiger partial charge in [-0.1, -0.05) is 6.07 Å². The Morgan fingerprint density at radius 3 is 2.81 bits per heavy atom. The molecule has 0 saturated carbocycles. The van der Waals surface area contributed by atoms with Crippen molar-refractivity contribution in [2.24, 2.45) is 0 Å². The molecule has 0 radical (unpaired) electrons. The average Bonchev–Trinajstić information content (AvgIpc) is 2.67. The third-order valence-electron chi connectivity index (χ3n) is 3.18. The summed E-state index contributed by atoms with van der Waals surface area (Å²) in [6, 6.07) is 4.49. The zero-order valence-electron chi connectivity index (χ0n) is 9.61. The lowest BCUT2D eigenvalue weighted by Gasteiger charge is -2.20. The van der Waals surface area contributed by atoms with Gasteiger partial charge in [-0.3, -0.25) is 0 Å². The molecule has 16 heavy (non-hydrogen) atoms. The quantitative estimate of drug-likeness (QED) is 0.837. The molecule has 3 unspecified atom stereocenters. The van der Waals surface area contributed by atoms with Crippen LogP contribution < -0.4 is 0 Å². The SMILES string of the molecule is Cc1ccc(F)cc1C(O)C1CCC(C)O1. The molecule has 1 aromatic rings. The van der Waals surface area contributed by atoms with Gasteiger partial charge in [0.1, 0.15) is 11.9 Å². The molecular weight excluding hydrogens is 207 g/mol. The maximum atomic E-state index is 13.1. The number of benzene rings is 1. The molecule has 88 valence electrons. The standard InChI is InChI=1S/C13H17FO2/c1-8-3-5-10(14)7-11(8)13(15)12-6-4-9(2)16-12/h3,5,7,9,12-13,15H,4,6H2,1-2H3. The number of rotatable bonds is 2. The predicted octanol–water partition coefficient (Wildman–Crippen LogP) is 2.74. The van der Waals surface area contributed by atoms with E-state index >= 15 is 0 Å². The van der Waals surface area contributed by atoms with Gasteiger partial charge in [0.2, 0.25) is 0 Å². The minimum Gasteiger partial charge on any atom is -0.386 e. The number of ether oxygens (including phenoxy) is 1. The summed E-state index contributed by atoms with van der Waals surface area (Å²) in [6.45, 7) is 3.86. The number of aliphatic hydroxyl groups is 1. The van der Waals surface area contributed by atoms with Crippen molar-refractivity contribution in [3.8, 4) is 0 Å². The summed E-state index contributed by atoms with van der Waals surface area (Å²) in [4.78, 5) is 0. The molecule has 1 aromatic carbocycles. The first-order chi connectivity index (χ1) is 7.58. The van der Waals surface area contributed by atoms with E-state index < -0.39 is 6.10 Å². The lowest BCUT2D eigenvalue weighted by atomic mass is 9.98. The summed E-state index contributed by atoms with van der Waals surface area (Å²) in [5, 5.41) is 10.2. The topological polar surface area (TPSA) is 29.5 Å². The Labute approximate surface area is 95.1 Å². The highest BCUT2D eigenvalue weighted by Gasteiger charge is 2.30. The van der Waals surface area contributed by atoms with Gasteiger partial charge < -0.3 is 9.84 Å². The van der Waals surface area contributed by atoms with E-state index in [0.717, 1.165) is 18.4 Å². The maximum Gasteiger partial charge on any atom is 0.123 e. The lowest BCUT2D eigenvalue weighted by Crippen LogP contribution is -2.19. The van der Waals surface area contributed by atoms with E-state index in [1.165, 1.54) is 12.1 Å². The molecule has 0 spiro atoms. The Hall–Kier alpha value is -0.930. The van der Waals surface area contributed by atoms with E-state index in [1.54, 1.807) is 6.07 Å². The highest BCUT2D eigenvalue weighted by atomic mass is 19.1. The van der Waals surface area contributed by atoms with Gasteiger partial charge in [-0.15, -0.1) is 0 Å². The Morgan fingerprint density at radius 1 is 1.44 bits per heavy atom. The molecule has 2 nitrogen and oxygen atoms in total. The van der Waals surface area contributed by atoms with Crippen molar-refractivity contribution < 1.29 is 14.2 Å². The van der Waals surface area contributed by atoms with Crippen LogP contribution in [-0.2, 0) is 4.74 Å². The second-order valence-corrected chi connectivity index (χ2v) is 4.51. The zero-order valence-corrected chi connectivity index (χ0v) is 9.61. The molecule has 1 aliphatic rings. The van der Waals surface area contributed by atoms with Crippen LogP contribution in [0.25, 0.3) is 0 Å². The Kier molecular flexibility index (Phi) is 3.26. The minimum absolute atomic E-state index is 0.188. The summed E-state index contributed by atoms with van der Waals surface area (Å²) < 4.78 is 18.7. The van der Waals surface area contributed by atoms with Crippen molar-refractivity contribution in [1.82, 2.24) is 0 Å². The number of hydrogen-bond donors (Lipinski definition) is 1. The van der Waals surface area contributed by atoms with Crippen LogP contribution in [0.5, 0.6) is 0 Å². The van der Waals surface area contributed by atoms with Crippen LogP contribution in [0.3, 0.4) is 0 Å². The minimum atomic E-state index is -0.722. The molecule has 0 aromatic heterocycles. The van der Waals surface area contributed by atoms with Gasteiger partial charge in [0.05, 0.1) is 12.2 Å². The van der Waals surface area contributed by atoms with Crippen LogP contribution >= 0.6 is 0 Å². The van der Waals surface area contributed by atoms with Gasteiger partial charge in [-0.05, 0) is 49.9 Å². The summed E-state index contributed by atoms with van der Waals surface area (Å²) in [7, 11) is 0. The molecular formula is C13H17FO2. The summed E-state index contributed by atoms with van der Waals surface area (Å²) in [5.41, 5.74) is 1.54. The fourth-order valence-electron chi connectivity index (χ4n) is 2.20. The first-order valence-corrected chi connectivity index (χ1v) is 5.67. The smallest absolute Gasteiger partial charge is 0.123 e. The molecule has 0 bridgehead atoms. The summed E-state index contributed by atoms with van der Waals surface area (Å²) >= 11 is 0. The lowest BCUT2D eigenvalue weighted by molar-refractivity contribution is -0.0300. The fraction of sp³-hybridized carbons (Fsp3) is 0.538. The number of halogens is 1. The van der Waals surface area contributed by atoms with Crippen molar-refractivity contribution in [1.29, 1.82) is 0 Å². The Bertz CT molecular complexity index is 378. The van der Waals surface area contributed by atoms with Gasteiger partial charge in [0, 0.05) is 0 Å². The van der Waals surface area contributed by atoms with E-state index in [2.05, 4.69) is 0 Å². The number of aliphatic hydroxyl groups excluding tert-OH is 1. The predicted molar refractivity (Wildman–Crippen MR) is 59.7 cm³/mol. The second kappa shape index (κ2) is 4.52. The first-order valence-electron chi connectivity index (χ1n) is 5.67. The zero-order chi connectivity index (χ0) is 11.7.